The SMILES string of the molecule is CS(=O)(=O)c1ccc2nc(N(CCc3cccs3)C(=O)c3ccccc3)sc2c1. The Morgan fingerprint density at radius 1 is 1.07 bits per heavy atom. The molecule has 0 fully saturated rings. The number of benzene rings is 2. The molecule has 0 saturated heterocycles. The van der Waals surface area contributed by atoms with Crippen molar-refractivity contribution in [3.63, 3.8) is 0 Å². The van der Waals surface area contributed by atoms with Crippen LogP contribution >= 0.6 is 22.7 Å². The van der Waals surface area contributed by atoms with E-state index >= 15 is 0 Å². The molecule has 0 N–H and O–H groups in total. The van der Waals surface area contributed by atoms with Crippen LogP contribution in [0.25, 0.3) is 10.2 Å². The fourth-order valence-electron chi connectivity index (χ4n) is 2.94. The van der Waals surface area contributed by atoms with Crippen molar-refractivity contribution < 1.29 is 13.2 Å². The highest BCUT2D eigenvalue weighted by atomic mass is 32.2. The van der Waals surface area contributed by atoms with E-state index in [0.717, 1.165) is 11.1 Å². The zero-order valence-corrected chi connectivity index (χ0v) is 18.1. The van der Waals surface area contributed by atoms with E-state index in [-0.39, 0.29) is 10.8 Å². The van der Waals surface area contributed by atoms with Crippen molar-refractivity contribution in [1.82, 2.24) is 4.98 Å². The number of sulfone groups is 1. The molecule has 0 spiro atoms. The molecule has 5 nitrogen and oxygen atoms in total. The molecule has 0 aliphatic carbocycles. The van der Waals surface area contributed by atoms with Gasteiger partial charge in [0.05, 0.1) is 15.1 Å². The van der Waals surface area contributed by atoms with Crippen LogP contribution in [0.5, 0.6) is 0 Å². The van der Waals surface area contributed by atoms with Gasteiger partial charge < -0.3 is 0 Å². The van der Waals surface area contributed by atoms with Gasteiger partial charge in [0.15, 0.2) is 15.0 Å². The Kier molecular flexibility index (Phi) is 5.49. The summed E-state index contributed by atoms with van der Waals surface area (Å²) in [5.74, 6) is -0.121. The van der Waals surface area contributed by atoms with E-state index in [1.807, 2.05) is 35.7 Å². The van der Waals surface area contributed by atoms with E-state index in [1.54, 1.807) is 46.6 Å². The third-order valence-electron chi connectivity index (χ3n) is 4.44. The lowest BCUT2D eigenvalue weighted by atomic mass is 10.2. The van der Waals surface area contributed by atoms with Crippen molar-refractivity contribution in [1.29, 1.82) is 0 Å². The average Bonchev–Trinajstić information content (AvgIpc) is 3.37. The lowest BCUT2D eigenvalue weighted by molar-refractivity contribution is 0.0987. The number of hydrogen-bond donors (Lipinski definition) is 0. The number of nitrogens with zero attached hydrogens (tertiary/aromatic N) is 2. The first-order valence-corrected chi connectivity index (χ1v) is 12.5. The van der Waals surface area contributed by atoms with Crippen LogP contribution in [0.2, 0.25) is 0 Å². The number of hydrogen-bond acceptors (Lipinski definition) is 6. The summed E-state index contributed by atoms with van der Waals surface area (Å²) in [5.41, 5.74) is 1.27. The number of thiophene rings is 1. The van der Waals surface area contributed by atoms with Gasteiger partial charge >= 0.3 is 0 Å². The predicted molar refractivity (Wildman–Crippen MR) is 119 cm³/mol. The predicted octanol–water partition coefficient (Wildman–Crippen LogP) is 4.65. The van der Waals surface area contributed by atoms with Gasteiger partial charge in [-0.05, 0) is 48.2 Å². The van der Waals surface area contributed by atoms with Gasteiger partial charge in [-0.3, -0.25) is 9.69 Å². The molecular weight excluding hydrogens is 424 g/mol. The number of rotatable bonds is 6. The van der Waals surface area contributed by atoms with E-state index < -0.39 is 9.84 Å². The molecule has 148 valence electrons. The maximum atomic E-state index is 13.2. The van der Waals surface area contributed by atoms with E-state index in [4.69, 9.17) is 0 Å². The highest BCUT2D eigenvalue weighted by Crippen LogP contribution is 2.31. The van der Waals surface area contributed by atoms with Crippen LogP contribution in [-0.2, 0) is 16.3 Å². The summed E-state index contributed by atoms with van der Waals surface area (Å²) < 4.78 is 24.5. The Balaban J connectivity index is 1.72. The lowest BCUT2D eigenvalue weighted by Gasteiger charge is -2.19. The summed E-state index contributed by atoms with van der Waals surface area (Å²) in [6, 6.07) is 18.0. The second-order valence-corrected chi connectivity index (χ2v) is 10.6. The summed E-state index contributed by atoms with van der Waals surface area (Å²) in [6.45, 7) is 0.493. The third kappa shape index (κ3) is 4.39. The normalized spacial score (nSPS) is 11.6. The second-order valence-electron chi connectivity index (χ2n) is 6.55. The minimum atomic E-state index is -3.30. The monoisotopic (exact) mass is 442 g/mol. The number of carbonyl (C=O) groups excluding carboxylic acids is 1. The van der Waals surface area contributed by atoms with Gasteiger partial charge in [0, 0.05) is 23.2 Å². The Labute approximate surface area is 177 Å². The molecule has 0 aliphatic rings. The minimum Gasteiger partial charge on any atom is -0.284 e. The maximum absolute atomic E-state index is 13.2. The highest BCUT2D eigenvalue weighted by molar-refractivity contribution is 7.90. The Hall–Kier alpha value is -2.55. The van der Waals surface area contributed by atoms with Gasteiger partial charge in [0.25, 0.3) is 5.91 Å². The molecule has 29 heavy (non-hydrogen) atoms. The first-order valence-electron chi connectivity index (χ1n) is 8.92. The first kappa shape index (κ1) is 19.8. The van der Waals surface area contributed by atoms with Crippen LogP contribution in [0.1, 0.15) is 15.2 Å². The second kappa shape index (κ2) is 8.06. The highest BCUT2D eigenvalue weighted by Gasteiger charge is 2.22. The van der Waals surface area contributed by atoms with Crippen LogP contribution in [0.4, 0.5) is 5.13 Å². The average molecular weight is 443 g/mol. The van der Waals surface area contributed by atoms with E-state index in [1.165, 1.54) is 22.5 Å². The van der Waals surface area contributed by atoms with Crippen LogP contribution in [0.15, 0.2) is 70.9 Å². The molecule has 4 rings (SSSR count). The topological polar surface area (TPSA) is 67.3 Å². The van der Waals surface area contributed by atoms with E-state index in [2.05, 4.69) is 4.98 Å². The van der Waals surface area contributed by atoms with Crippen molar-refractivity contribution in [2.45, 2.75) is 11.3 Å². The molecule has 2 aromatic carbocycles. The van der Waals surface area contributed by atoms with E-state index in [0.29, 0.717) is 22.8 Å². The standard InChI is InChI=1S/C21H18N2O3S3/c1-29(25,26)17-9-10-18-19(14-17)28-21(22-18)23(12-11-16-8-5-13-27-16)20(24)15-6-3-2-4-7-15/h2-10,13-14H,11-12H2,1H3. The maximum Gasteiger partial charge on any atom is 0.260 e. The molecule has 8 heteroatoms. The van der Waals surface area contributed by atoms with Gasteiger partial charge in [-0.15, -0.1) is 11.3 Å². The smallest absolute Gasteiger partial charge is 0.260 e. The van der Waals surface area contributed by atoms with Gasteiger partial charge in [0.1, 0.15) is 0 Å². The Morgan fingerprint density at radius 3 is 2.55 bits per heavy atom. The zero-order valence-electron chi connectivity index (χ0n) is 15.6. The molecule has 0 unspecified atom stereocenters. The minimum absolute atomic E-state index is 0.121. The molecule has 0 radical (unpaired) electrons. The third-order valence-corrected chi connectivity index (χ3v) is 7.52. The molecule has 1 amide bonds. The van der Waals surface area contributed by atoms with Crippen molar-refractivity contribution in [3.05, 3.63) is 76.5 Å². The molecule has 0 atom stereocenters. The van der Waals surface area contributed by atoms with Gasteiger partial charge in [0.2, 0.25) is 0 Å². The molecule has 2 heterocycles. The molecule has 4 aromatic rings. The van der Waals surface area contributed by atoms with Gasteiger partial charge in [-0.2, -0.15) is 0 Å². The summed E-state index contributed by atoms with van der Waals surface area (Å²) in [7, 11) is -3.30. The van der Waals surface area contributed by atoms with Crippen LogP contribution in [-0.4, -0.2) is 32.1 Å². The number of aromatic nitrogens is 1. The number of thiazole rings is 1. The zero-order chi connectivity index (χ0) is 20.4. The Morgan fingerprint density at radius 2 is 1.86 bits per heavy atom. The fourth-order valence-corrected chi connectivity index (χ4v) is 5.39. The molecule has 0 aliphatic heterocycles. The largest absolute Gasteiger partial charge is 0.284 e. The van der Waals surface area contributed by atoms with Crippen LogP contribution < -0.4 is 4.90 Å². The number of fused-ring (bicyclic) bond motifs is 1. The Bertz CT molecular complexity index is 1250. The number of anilines is 1. The van der Waals surface area contributed by atoms with Crippen molar-refractivity contribution >= 4 is 53.8 Å². The van der Waals surface area contributed by atoms with Crippen molar-refractivity contribution in [2.24, 2.45) is 0 Å². The summed E-state index contributed by atoms with van der Waals surface area (Å²) >= 11 is 2.98. The van der Waals surface area contributed by atoms with Crippen molar-refractivity contribution in [3.8, 4) is 0 Å². The summed E-state index contributed by atoms with van der Waals surface area (Å²) in [4.78, 5) is 20.9. The lowest BCUT2D eigenvalue weighted by Crippen LogP contribution is -2.32. The summed E-state index contributed by atoms with van der Waals surface area (Å²) in [5, 5.41) is 2.58. The van der Waals surface area contributed by atoms with Gasteiger partial charge in [-0.25, -0.2) is 13.4 Å². The molecular formula is C21H18N2O3S3. The van der Waals surface area contributed by atoms with Crippen LogP contribution in [0, 0.1) is 0 Å². The molecule has 0 bridgehead atoms. The molecule has 2 aromatic heterocycles. The molecule has 0 saturated carbocycles. The van der Waals surface area contributed by atoms with Gasteiger partial charge in [-0.1, -0.05) is 35.6 Å². The van der Waals surface area contributed by atoms with Crippen LogP contribution in [0.3, 0.4) is 0 Å². The fraction of sp³-hybridized carbons (Fsp3) is 0.143. The summed E-state index contributed by atoms with van der Waals surface area (Å²) in [6.07, 6.45) is 1.91. The van der Waals surface area contributed by atoms with E-state index in [9.17, 15) is 13.2 Å². The number of amides is 1. The van der Waals surface area contributed by atoms with Crippen molar-refractivity contribution in [2.75, 3.05) is 17.7 Å². The quantitative estimate of drug-likeness (QED) is 0.436. The number of carbonyl (C=O) groups is 1. The first-order chi connectivity index (χ1) is 13.9.